The first-order valence-electron chi connectivity index (χ1n) is 5.87. The van der Waals surface area contributed by atoms with Crippen molar-refractivity contribution in [2.45, 2.75) is 12.5 Å². The Balaban J connectivity index is 2.12. The van der Waals surface area contributed by atoms with Gasteiger partial charge in [0.15, 0.2) is 0 Å². The SMILES string of the molecule is COCC(O)CNC(=O)CCNC(=O)c1ccsc1. The van der Waals surface area contributed by atoms with E-state index in [9.17, 15) is 14.7 Å². The van der Waals surface area contributed by atoms with Gasteiger partial charge in [-0.3, -0.25) is 9.59 Å². The van der Waals surface area contributed by atoms with E-state index in [4.69, 9.17) is 4.74 Å². The lowest BCUT2D eigenvalue weighted by Crippen LogP contribution is -2.36. The molecule has 0 aliphatic heterocycles. The van der Waals surface area contributed by atoms with Gasteiger partial charge in [-0.25, -0.2) is 0 Å². The third-order valence-electron chi connectivity index (χ3n) is 2.31. The topological polar surface area (TPSA) is 87.7 Å². The molecule has 106 valence electrons. The number of aliphatic hydroxyl groups is 1. The number of nitrogens with one attached hydrogen (secondary N) is 2. The van der Waals surface area contributed by atoms with Crippen LogP contribution < -0.4 is 10.6 Å². The zero-order valence-corrected chi connectivity index (χ0v) is 11.5. The van der Waals surface area contributed by atoms with Crippen molar-refractivity contribution in [3.8, 4) is 0 Å². The van der Waals surface area contributed by atoms with E-state index < -0.39 is 6.10 Å². The van der Waals surface area contributed by atoms with E-state index in [2.05, 4.69) is 10.6 Å². The monoisotopic (exact) mass is 286 g/mol. The minimum Gasteiger partial charge on any atom is -0.389 e. The molecule has 1 rings (SSSR count). The van der Waals surface area contributed by atoms with E-state index in [-0.39, 0.29) is 37.9 Å². The van der Waals surface area contributed by atoms with Crippen molar-refractivity contribution in [1.82, 2.24) is 10.6 Å². The van der Waals surface area contributed by atoms with E-state index in [1.165, 1.54) is 18.4 Å². The molecule has 6 nitrogen and oxygen atoms in total. The van der Waals surface area contributed by atoms with Crippen LogP contribution in [-0.2, 0) is 9.53 Å². The van der Waals surface area contributed by atoms with Gasteiger partial charge in [0, 0.05) is 37.6 Å². The second-order valence-corrected chi connectivity index (χ2v) is 4.71. The maximum Gasteiger partial charge on any atom is 0.252 e. The fraction of sp³-hybridized carbons (Fsp3) is 0.500. The van der Waals surface area contributed by atoms with E-state index in [1.54, 1.807) is 11.4 Å². The summed E-state index contributed by atoms with van der Waals surface area (Å²) in [5, 5.41) is 18.1. The largest absolute Gasteiger partial charge is 0.389 e. The van der Waals surface area contributed by atoms with Gasteiger partial charge in [0.2, 0.25) is 5.91 Å². The van der Waals surface area contributed by atoms with Crippen molar-refractivity contribution >= 4 is 23.2 Å². The molecule has 1 aromatic heterocycles. The summed E-state index contributed by atoms with van der Waals surface area (Å²) in [5.74, 6) is -0.408. The van der Waals surface area contributed by atoms with Crippen LogP contribution in [0.1, 0.15) is 16.8 Å². The van der Waals surface area contributed by atoms with Crippen LogP contribution in [-0.4, -0.2) is 49.8 Å². The number of hydrogen-bond acceptors (Lipinski definition) is 5. The fourth-order valence-electron chi connectivity index (χ4n) is 1.36. The van der Waals surface area contributed by atoms with Crippen LogP contribution in [0.15, 0.2) is 16.8 Å². The molecule has 0 aromatic carbocycles. The Kier molecular flexibility index (Phi) is 7.09. The molecule has 0 bridgehead atoms. The summed E-state index contributed by atoms with van der Waals surface area (Å²) in [4.78, 5) is 23.0. The Morgan fingerprint density at radius 2 is 2.26 bits per heavy atom. The van der Waals surface area contributed by atoms with Gasteiger partial charge in [0.1, 0.15) is 0 Å². The first-order chi connectivity index (χ1) is 9.13. The fourth-order valence-corrected chi connectivity index (χ4v) is 1.99. The minimum absolute atomic E-state index is 0.144. The molecule has 1 aromatic rings. The molecule has 0 radical (unpaired) electrons. The van der Waals surface area contributed by atoms with Crippen molar-refractivity contribution in [3.05, 3.63) is 22.4 Å². The van der Waals surface area contributed by atoms with Crippen molar-refractivity contribution in [2.24, 2.45) is 0 Å². The van der Waals surface area contributed by atoms with E-state index in [1.807, 2.05) is 5.38 Å². The van der Waals surface area contributed by atoms with Gasteiger partial charge in [0.05, 0.1) is 12.7 Å². The maximum absolute atomic E-state index is 11.5. The molecule has 1 atom stereocenters. The highest BCUT2D eigenvalue weighted by Gasteiger charge is 2.08. The summed E-state index contributed by atoms with van der Waals surface area (Å²) in [6.07, 6.45) is -0.537. The number of methoxy groups -OCH3 is 1. The molecule has 1 heterocycles. The highest BCUT2D eigenvalue weighted by atomic mass is 32.1. The summed E-state index contributed by atoms with van der Waals surface area (Å²) in [7, 11) is 1.48. The molecule has 0 aliphatic carbocycles. The Bertz CT molecular complexity index is 394. The maximum atomic E-state index is 11.5. The highest BCUT2D eigenvalue weighted by molar-refractivity contribution is 7.08. The molecule has 3 N–H and O–H groups in total. The van der Waals surface area contributed by atoms with Gasteiger partial charge in [-0.05, 0) is 11.4 Å². The van der Waals surface area contributed by atoms with Crippen LogP contribution in [0.25, 0.3) is 0 Å². The second-order valence-electron chi connectivity index (χ2n) is 3.93. The number of carbonyl (C=O) groups is 2. The molecule has 1 unspecified atom stereocenters. The Labute approximate surface area is 115 Å². The summed E-state index contributed by atoms with van der Waals surface area (Å²) < 4.78 is 4.73. The minimum atomic E-state index is -0.714. The number of rotatable bonds is 8. The third-order valence-corrected chi connectivity index (χ3v) is 3.00. The van der Waals surface area contributed by atoms with Gasteiger partial charge < -0.3 is 20.5 Å². The predicted octanol–water partition coefficient (Wildman–Crippen LogP) is -0.00850. The highest BCUT2D eigenvalue weighted by Crippen LogP contribution is 2.04. The molecule has 0 saturated carbocycles. The van der Waals surface area contributed by atoms with Crippen LogP contribution in [0, 0.1) is 0 Å². The third kappa shape index (κ3) is 6.32. The van der Waals surface area contributed by atoms with Crippen molar-refractivity contribution < 1.29 is 19.4 Å². The summed E-state index contributed by atoms with van der Waals surface area (Å²) in [5.41, 5.74) is 0.598. The molecule has 2 amide bonds. The lowest BCUT2D eigenvalue weighted by Gasteiger charge is -2.10. The van der Waals surface area contributed by atoms with Crippen molar-refractivity contribution in [1.29, 1.82) is 0 Å². The summed E-state index contributed by atoms with van der Waals surface area (Å²) in [6, 6.07) is 1.72. The lowest BCUT2D eigenvalue weighted by atomic mass is 10.3. The molecule has 0 aliphatic rings. The molecular formula is C12H18N2O4S. The molecule has 0 spiro atoms. The Hall–Kier alpha value is -1.44. The van der Waals surface area contributed by atoms with Gasteiger partial charge in [-0.2, -0.15) is 11.3 Å². The second kappa shape index (κ2) is 8.63. The zero-order valence-electron chi connectivity index (χ0n) is 10.7. The average molecular weight is 286 g/mol. The predicted molar refractivity (Wildman–Crippen MR) is 72.2 cm³/mol. The lowest BCUT2D eigenvalue weighted by molar-refractivity contribution is -0.121. The van der Waals surface area contributed by atoms with E-state index >= 15 is 0 Å². The first kappa shape index (κ1) is 15.6. The average Bonchev–Trinajstić information content (AvgIpc) is 2.90. The van der Waals surface area contributed by atoms with Crippen LogP contribution in [0.5, 0.6) is 0 Å². The van der Waals surface area contributed by atoms with Gasteiger partial charge in [-0.1, -0.05) is 0 Å². The van der Waals surface area contributed by atoms with Gasteiger partial charge in [-0.15, -0.1) is 0 Å². The molecule has 0 fully saturated rings. The van der Waals surface area contributed by atoms with Gasteiger partial charge in [0.25, 0.3) is 5.91 Å². The van der Waals surface area contributed by atoms with Gasteiger partial charge >= 0.3 is 0 Å². The molecule has 0 saturated heterocycles. The molecule has 19 heavy (non-hydrogen) atoms. The number of carbonyl (C=O) groups excluding carboxylic acids is 2. The zero-order chi connectivity index (χ0) is 14.1. The number of amides is 2. The summed E-state index contributed by atoms with van der Waals surface area (Å²) in [6.45, 7) is 0.585. The van der Waals surface area contributed by atoms with Crippen molar-refractivity contribution in [3.63, 3.8) is 0 Å². The summed E-state index contributed by atoms with van der Waals surface area (Å²) >= 11 is 1.44. The van der Waals surface area contributed by atoms with E-state index in [0.29, 0.717) is 5.56 Å². The van der Waals surface area contributed by atoms with Crippen LogP contribution in [0.3, 0.4) is 0 Å². The normalized spacial score (nSPS) is 11.9. The number of thiophene rings is 1. The van der Waals surface area contributed by atoms with Crippen LogP contribution >= 0.6 is 11.3 Å². The standard InChI is InChI=1S/C12H18N2O4S/c1-18-7-10(15)6-14-11(16)2-4-13-12(17)9-3-5-19-8-9/h3,5,8,10,15H,2,4,6-7H2,1H3,(H,13,17)(H,14,16). The van der Waals surface area contributed by atoms with Crippen LogP contribution in [0.4, 0.5) is 0 Å². The van der Waals surface area contributed by atoms with Crippen LogP contribution in [0.2, 0.25) is 0 Å². The Morgan fingerprint density at radius 1 is 1.47 bits per heavy atom. The quantitative estimate of drug-likeness (QED) is 0.627. The van der Waals surface area contributed by atoms with Crippen molar-refractivity contribution in [2.75, 3.05) is 26.8 Å². The smallest absolute Gasteiger partial charge is 0.252 e. The number of hydrogen-bond donors (Lipinski definition) is 3. The first-order valence-corrected chi connectivity index (χ1v) is 6.82. The number of aliphatic hydroxyl groups excluding tert-OH is 1. The molecule has 7 heteroatoms. The van der Waals surface area contributed by atoms with E-state index in [0.717, 1.165) is 0 Å². The molecular weight excluding hydrogens is 268 g/mol. The Morgan fingerprint density at radius 3 is 2.89 bits per heavy atom. The number of ether oxygens (including phenoxy) is 1.